The summed E-state index contributed by atoms with van der Waals surface area (Å²) >= 11 is 2.42. The molecule has 4 rings (SSSR count). The number of carbonyl (C=O) groups excluding carboxylic acids is 2. The first-order chi connectivity index (χ1) is 15.4. The Kier molecular flexibility index (Phi) is 6.42. The van der Waals surface area contributed by atoms with Gasteiger partial charge in [-0.05, 0) is 38.1 Å². The number of nitrogens with zero attached hydrogens (tertiary/aromatic N) is 2. The van der Waals surface area contributed by atoms with E-state index in [1.165, 1.54) is 15.9 Å². The van der Waals surface area contributed by atoms with Gasteiger partial charge in [0.25, 0.3) is 5.56 Å². The number of fused-ring (bicyclic) bond motifs is 1. The molecule has 0 unspecified atom stereocenters. The van der Waals surface area contributed by atoms with Gasteiger partial charge in [0.15, 0.2) is 5.16 Å². The van der Waals surface area contributed by atoms with Gasteiger partial charge in [-0.3, -0.25) is 19.5 Å². The summed E-state index contributed by atoms with van der Waals surface area (Å²) in [5.41, 5.74) is 1.05. The quantitative estimate of drug-likeness (QED) is 0.327. The van der Waals surface area contributed by atoms with E-state index in [9.17, 15) is 14.4 Å². The van der Waals surface area contributed by atoms with Crippen LogP contribution in [0.1, 0.15) is 13.8 Å². The third kappa shape index (κ3) is 4.61. The van der Waals surface area contributed by atoms with E-state index in [2.05, 4.69) is 15.6 Å². The van der Waals surface area contributed by atoms with E-state index in [-0.39, 0.29) is 17.4 Å². The van der Waals surface area contributed by atoms with Crippen LogP contribution in [0.25, 0.3) is 27.2 Å². The minimum atomic E-state index is -0.559. The Morgan fingerprint density at radius 2 is 1.97 bits per heavy atom. The summed E-state index contributed by atoms with van der Waals surface area (Å²) in [6.07, 6.45) is 1.56. The summed E-state index contributed by atoms with van der Waals surface area (Å²) in [5.74, 6) is 0.0301. The second-order valence-electron chi connectivity index (χ2n) is 7.14. The highest BCUT2D eigenvalue weighted by molar-refractivity contribution is 7.99. The molecule has 0 atom stereocenters. The molecule has 0 radical (unpaired) electrons. The molecule has 0 aliphatic carbocycles. The Balaban J connectivity index is 1.71. The molecule has 4 aromatic rings. The van der Waals surface area contributed by atoms with Crippen LogP contribution in [0.15, 0.2) is 68.5 Å². The molecule has 3 heterocycles. The molecule has 10 heteroatoms. The zero-order valence-electron chi connectivity index (χ0n) is 17.3. The fourth-order valence-corrected chi connectivity index (χ4v) is 4.86. The third-order valence-electron chi connectivity index (χ3n) is 4.38. The van der Waals surface area contributed by atoms with E-state index in [1.807, 2.05) is 23.6 Å². The van der Waals surface area contributed by atoms with Crippen LogP contribution >= 0.6 is 23.1 Å². The summed E-state index contributed by atoms with van der Waals surface area (Å²) in [6, 6.07) is 12.0. The maximum atomic E-state index is 13.6. The first-order valence-electron chi connectivity index (χ1n) is 9.80. The molecule has 0 fully saturated rings. The van der Waals surface area contributed by atoms with Crippen LogP contribution in [-0.4, -0.2) is 33.3 Å². The van der Waals surface area contributed by atoms with Crippen molar-refractivity contribution in [3.8, 4) is 17.0 Å². The third-order valence-corrected chi connectivity index (χ3v) is 6.19. The smallest absolute Gasteiger partial charge is 0.321 e. The average molecular weight is 469 g/mol. The number of rotatable bonds is 6. The molecule has 2 N–H and O–H groups in total. The number of nitrogens with one attached hydrogen (secondary N) is 2. The number of urea groups is 1. The Morgan fingerprint density at radius 3 is 2.66 bits per heavy atom. The molecule has 8 nitrogen and oxygen atoms in total. The van der Waals surface area contributed by atoms with E-state index in [4.69, 9.17) is 4.42 Å². The van der Waals surface area contributed by atoms with Crippen molar-refractivity contribution in [2.45, 2.75) is 25.0 Å². The van der Waals surface area contributed by atoms with Gasteiger partial charge >= 0.3 is 6.03 Å². The first-order valence-corrected chi connectivity index (χ1v) is 11.7. The van der Waals surface area contributed by atoms with Crippen molar-refractivity contribution in [2.24, 2.45) is 0 Å². The summed E-state index contributed by atoms with van der Waals surface area (Å²) in [4.78, 5) is 42.8. The summed E-state index contributed by atoms with van der Waals surface area (Å²) in [5, 5.41) is 7.54. The van der Waals surface area contributed by atoms with Crippen molar-refractivity contribution >= 4 is 45.3 Å². The predicted octanol–water partition coefficient (Wildman–Crippen LogP) is 4.03. The molecule has 3 aromatic heterocycles. The van der Waals surface area contributed by atoms with Crippen molar-refractivity contribution in [3.05, 3.63) is 64.5 Å². The molecular formula is C22H20N4O4S2. The Labute approximate surface area is 191 Å². The van der Waals surface area contributed by atoms with Crippen molar-refractivity contribution in [2.75, 3.05) is 5.75 Å². The molecule has 0 saturated carbocycles. The molecule has 0 bridgehead atoms. The van der Waals surface area contributed by atoms with E-state index >= 15 is 0 Å². The topological polar surface area (TPSA) is 106 Å². The lowest BCUT2D eigenvalue weighted by atomic mass is 10.2. The monoisotopic (exact) mass is 468 g/mol. The summed E-state index contributed by atoms with van der Waals surface area (Å²) < 4.78 is 6.97. The maximum absolute atomic E-state index is 13.6. The standard InChI is InChI=1S/C22H20N4O4S2/c1-13(2)23-21(29)24-17(27)12-32-22-25-19-18(15(11-31-19)16-9-6-10-30-16)20(28)26(22)14-7-4-3-5-8-14/h3-11,13H,12H2,1-2H3,(H2,23,24,27,29). The average Bonchev–Trinajstić information content (AvgIpc) is 3.42. The zero-order chi connectivity index (χ0) is 22.7. The number of benzene rings is 1. The molecule has 0 spiro atoms. The van der Waals surface area contributed by atoms with E-state index in [0.717, 1.165) is 11.8 Å². The number of amides is 3. The summed E-state index contributed by atoms with van der Waals surface area (Å²) in [6.45, 7) is 3.60. The lowest BCUT2D eigenvalue weighted by molar-refractivity contribution is -0.117. The minimum absolute atomic E-state index is 0.0767. The number of imide groups is 1. The van der Waals surface area contributed by atoms with Gasteiger partial charge in [-0.15, -0.1) is 11.3 Å². The number of thioether (sulfide) groups is 1. The van der Waals surface area contributed by atoms with Gasteiger partial charge in [-0.1, -0.05) is 30.0 Å². The molecule has 0 aliphatic heterocycles. The number of hydrogen-bond acceptors (Lipinski definition) is 7. The predicted molar refractivity (Wildman–Crippen MR) is 125 cm³/mol. The highest BCUT2D eigenvalue weighted by atomic mass is 32.2. The highest BCUT2D eigenvalue weighted by Gasteiger charge is 2.20. The van der Waals surface area contributed by atoms with Gasteiger partial charge in [0.1, 0.15) is 10.6 Å². The Bertz CT molecular complexity index is 1310. The van der Waals surface area contributed by atoms with Crippen LogP contribution in [0, 0.1) is 0 Å². The van der Waals surface area contributed by atoms with Gasteiger partial charge in [-0.2, -0.15) is 0 Å². The number of carbonyl (C=O) groups is 2. The molecule has 164 valence electrons. The van der Waals surface area contributed by atoms with E-state index < -0.39 is 11.9 Å². The fourth-order valence-electron chi connectivity index (χ4n) is 3.08. The van der Waals surface area contributed by atoms with Crippen LogP contribution < -0.4 is 16.2 Å². The minimum Gasteiger partial charge on any atom is -0.464 e. The lowest BCUT2D eigenvalue weighted by Gasteiger charge is -2.13. The van der Waals surface area contributed by atoms with Crippen LogP contribution in [-0.2, 0) is 4.79 Å². The normalized spacial score (nSPS) is 11.1. The molecule has 0 saturated heterocycles. The Hall–Kier alpha value is -3.37. The molecule has 32 heavy (non-hydrogen) atoms. The number of thiophene rings is 1. The second-order valence-corrected chi connectivity index (χ2v) is 8.94. The van der Waals surface area contributed by atoms with Crippen LogP contribution in [0.2, 0.25) is 0 Å². The SMILES string of the molecule is CC(C)NC(=O)NC(=O)CSc1nc2scc(-c3ccco3)c2c(=O)n1-c1ccccc1. The lowest BCUT2D eigenvalue weighted by Crippen LogP contribution is -2.43. The van der Waals surface area contributed by atoms with Crippen LogP contribution in [0.5, 0.6) is 0 Å². The van der Waals surface area contributed by atoms with Gasteiger partial charge in [-0.25, -0.2) is 9.78 Å². The fraction of sp³-hybridized carbons (Fsp3) is 0.182. The van der Waals surface area contributed by atoms with Gasteiger partial charge in [0, 0.05) is 17.0 Å². The maximum Gasteiger partial charge on any atom is 0.321 e. The van der Waals surface area contributed by atoms with Crippen molar-refractivity contribution in [1.29, 1.82) is 0 Å². The Morgan fingerprint density at radius 1 is 1.19 bits per heavy atom. The zero-order valence-corrected chi connectivity index (χ0v) is 19.0. The van der Waals surface area contributed by atoms with Gasteiger partial charge in [0.05, 0.1) is 23.1 Å². The van der Waals surface area contributed by atoms with Crippen molar-refractivity contribution in [3.63, 3.8) is 0 Å². The number of hydrogen-bond donors (Lipinski definition) is 2. The van der Waals surface area contributed by atoms with Crippen molar-refractivity contribution in [1.82, 2.24) is 20.2 Å². The number of furan rings is 1. The van der Waals surface area contributed by atoms with Crippen LogP contribution in [0.4, 0.5) is 4.79 Å². The molecule has 0 aliphatic rings. The largest absolute Gasteiger partial charge is 0.464 e. The summed E-state index contributed by atoms with van der Waals surface area (Å²) in [7, 11) is 0. The van der Waals surface area contributed by atoms with Crippen molar-refractivity contribution < 1.29 is 14.0 Å². The van der Waals surface area contributed by atoms with Gasteiger partial charge in [0.2, 0.25) is 5.91 Å². The molecule has 1 aromatic carbocycles. The number of aromatic nitrogens is 2. The first kappa shape index (κ1) is 21.8. The van der Waals surface area contributed by atoms with Gasteiger partial charge < -0.3 is 9.73 Å². The van der Waals surface area contributed by atoms with Crippen LogP contribution in [0.3, 0.4) is 0 Å². The number of para-hydroxylation sites is 1. The molecular weight excluding hydrogens is 448 g/mol. The second kappa shape index (κ2) is 9.41. The molecule has 3 amide bonds. The van der Waals surface area contributed by atoms with E-state index in [1.54, 1.807) is 44.4 Å². The van der Waals surface area contributed by atoms with E-state index in [0.29, 0.717) is 32.4 Å². The highest BCUT2D eigenvalue weighted by Crippen LogP contribution is 2.33.